The van der Waals surface area contributed by atoms with Crippen LogP contribution in [0.15, 0.2) is 18.3 Å². The van der Waals surface area contributed by atoms with Gasteiger partial charge in [0.2, 0.25) is 0 Å². The topological polar surface area (TPSA) is 60.2 Å². The number of hydrogen-bond acceptors (Lipinski definition) is 4. The van der Waals surface area contributed by atoms with E-state index in [-0.39, 0.29) is 0 Å². The van der Waals surface area contributed by atoms with E-state index in [9.17, 15) is 5.11 Å². The van der Waals surface area contributed by atoms with Crippen LogP contribution in [-0.4, -0.2) is 28.6 Å². The lowest BCUT2D eigenvalue weighted by molar-refractivity contribution is 0.188. The van der Waals surface area contributed by atoms with Crippen molar-refractivity contribution in [2.75, 3.05) is 11.4 Å². The molecule has 4 heteroatoms. The number of aromatic nitrogens is 1. The Balaban J connectivity index is 2.46. The van der Waals surface area contributed by atoms with Gasteiger partial charge in [-0.05, 0) is 19.1 Å². The highest BCUT2D eigenvalue weighted by Gasteiger charge is 2.23. The Morgan fingerprint density at radius 3 is 3.14 bits per heavy atom. The molecule has 1 aromatic rings. The van der Waals surface area contributed by atoms with E-state index in [1.54, 1.807) is 13.1 Å². The van der Waals surface area contributed by atoms with Gasteiger partial charge in [-0.3, -0.25) is 4.98 Å². The third-order valence-corrected chi connectivity index (χ3v) is 2.44. The fourth-order valence-electron chi connectivity index (χ4n) is 1.72. The molecule has 0 aliphatic carbocycles. The molecule has 0 aromatic carbocycles. The van der Waals surface area contributed by atoms with E-state index in [2.05, 4.69) is 4.98 Å². The maximum absolute atomic E-state index is 9.54. The smallest absolute Gasteiger partial charge is 0.124 e. The predicted molar refractivity (Wildman–Crippen MR) is 54.7 cm³/mol. The van der Waals surface area contributed by atoms with E-state index < -0.39 is 6.23 Å². The van der Waals surface area contributed by atoms with Crippen LogP contribution < -0.4 is 4.90 Å². The van der Waals surface area contributed by atoms with Gasteiger partial charge in [0.25, 0.3) is 0 Å². The largest absolute Gasteiger partial charge is 0.374 e. The minimum atomic E-state index is -0.522. The van der Waals surface area contributed by atoms with Gasteiger partial charge in [-0.25, -0.2) is 0 Å². The average molecular weight is 191 g/mol. The third-order valence-electron chi connectivity index (χ3n) is 2.44. The number of pyridine rings is 1. The number of aliphatic hydroxyl groups is 1. The maximum atomic E-state index is 9.54. The zero-order chi connectivity index (χ0) is 10.1. The second-order valence-corrected chi connectivity index (χ2v) is 3.42. The van der Waals surface area contributed by atoms with Crippen LogP contribution in [0.25, 0.3) is 0 Å². The molecule has 4 nitrogen and oxygen atoms in total. The standard InChI is InChI=1S/C10H13N3O/c1-7(14)13-6-4-8(11)10-9(13)3-2-5-12-10/h2-3,5,7,11,14H,4,6H2,1H3. The first-order valence-corrected chi connectivity index (χ1v) is 4.67. The number of anilines is 1. The monoisotopic (exact) mass is 191 g/mol. The molecule has 0 amide bonds. The average Bonchev–Trinajstić information content (AvgIpc) is 2.18. The Kier molecular flexibility index (Phi) is 2.21. The van der Waals surface area contributed by atoms with E-state index in [1.165, 1.54) is 0 Å². The van der Waals surface area contributed by atoms with Gasteiger partial charge in [0.05, 0.1) is 11.4 Å². The van der Waals surface area contributed by atoms with Gasteiger partial charge in [-0.2, -0.15) is 0 Å². The second-order valence-electron chi connectivity index (χ2n) is 3.42. The molecular formula is C10H13N3O. The number of nitrogens with one attached hydrogen (secondary N) is 1. The molecule has 1 aromatic heterocycles. The number of hydrogen-bond donors (Lipinski definition) is 2. The van der Waals surface area contributed by atoms with E-state index in [0.29, 0.717) is 24.4 Å². The van der Waals surface area contributed by atoms with Gasteiger partial charge >= 0.3 is 0 Å². The van der Waals surface area contributed by atoms with Gasteiger partial charge in [0.1, 0.15) is 11.9 Å². The van der Waals surface area contributed by atoms with Crippen molar-refractivity contribution < 1.29 is 5.11 Å². The Bertz CT molecular complexity index is 362. The molecule has 0 spiro atoms. The van der Waals surface area contributed by atoms with Crippen LogP contribution in [0.4, 0.5) is 5.69 Å². The van der Waals surface area contributed by atoms with E-state index in [0.717, 1.165) is 5.69 Å². The van der Waals surface area contributed by atoms with Gasteiger partial charge in [0.15, 0.2) is 0 Å². The molecule has 1 unspecified atom stereocenters. The second kappa shape index (κ2) is 3.38. The van der Waals surface area contributed by atoms with E-state index in [4.69, 9.17) is 5.41 Å². The van der Waals surface area contributed by atoms with Crippen molar-refractivity contribution in [3.63, 3.8) is 0 Å². The zero-order valence-electron chi connectivity index (χ0n) is 8.07. The number of rotatable bonds is 1. The lowest BCUT2D eigenvalue weighted by atomic mass is 10.1. The summed E-state index contributed by atoms with van der Waals surface area (Å²) in [6.45, 7) is 2.42. The van der Waals surface area contributed by atoms with Gasteiger partial charge in [0, 0.05) is 19.2 Å². The number of nitrogens with zero attached hydrogens (tertiary/aromatic N) is 2. The highest BCUT2D eigenvalue weighted by molar-refractivity contribution is 6.03. The first-order valence-electron chi connectivity index (χ1n) is 4.67. The molecule has 1 aliphatic rings. The minimum Gasteiger partial charge on any atom is -0.374 e. The Morgan fingerprint density at radius 2 is 2.43 bits per heavy atom. The van der Waals surface area contributed by atoms with Crippen molar-refractivity contribution >= 4 is 11.4 Å². The molecule has 1 atom stereocenters. The SMILES string of the molecule is CC(O)N1CCC(=N)c2ncccc21. The van der Waals surface area contributed by atoms with Gasteiger partial charge < -0.3 is 15.4 Å². The molecule has 74 valence electrons. The summed E-state index contributed by atoms with van der Waals surface area (Å²) < 4.78 is 0. The van der Waals surface area contributed by atoms with E-state index >= 15 is 0 Å². The van der Waals surface area contributed by atoms with Gasteiger partial charge in [-0.15, -0.1) is 0 Å². The summed E-state index contributed by atoms with van der Waals surface area (Å²) in [5, 5.41) is 17.3. The summed E-state index contributed by atoms with van der Waals surface area (Å²) in [7, 11) is 0. The zero-order valence-corrected chi connectivity index (χ0v) is 8.07. The molecule has 0 bridgehead atoms. The van der Waals surface area contributed by atoms with Crippen LogP contribution in [-0.2, 0) is 0 Å². The Hall–Kier alpha value is -1.42. The summed E-state index contributed by atoms with van der Waals surface area (Å²) in [6.07, 6.45) is 1.81. The third kappa shape index (κ3) is 1.37. The molecule has 1 aliphatic heterocycles. The summed E-state index contributed by atoms with van der Waals surface area (Å²) in [5.74, 6) is 0. The first kappa shape index (κ1) is 9.15. The summed E-state index contributed by atoms with van der Waals surface area (Å²) in [6, 6.07) is 3.72. The molecule has 0 radical (unpaired) electrons. The van der Waals surface area contributed by atoms with Crippen molar-refractivity contribution in [2.45, 2.75) is 19.6 Å². The van der Waals surface area contributed by atoms with Crippen LogP contribution >= 0.6 is 0 Å². The molecule has 2 N–H and O–H groups in total. The maximum Gasteiger partial charge on any atom is 0.124 e. The molecule has 0 saturated carbocycles. The van der Waals surface area contributed by atoms with Crippen LogP contribution in [0.3, 0.4) is 0 Å². The fraction of sp³-hybridized carbons (Fsp3) is 0.400. The normalized spacial score (nSPS) is 17.9. The highest BCUT2D eigenvalue weighted by Crippen LogP contribution is 2.25. The van der Waals surface area contributed by atoms with Crippen LogP contribution in [0, 0.1) is 5.41 Å². The van der Waals surface area contributed by atoms with Crippen LogP contribution in [0.1, 0.15) is 19.0 Å². The van der Waals surface area contributed by atoms with E-state index in [1.807, 2.05) is 17.0 Å². The lowest BCUT2D eigenvalue weighted by Crippen LogP contribution is -2.39. The van der Waals surface area contributed by atoms with Crippen LogP contribution in [0.5, 0.6) is 0 Å². The first-order chi connectivity index (χ1) is 6.70. The van der Waals surface area contributed by atoms with Crippen molar-refractivity contribution in [1.82, 2.24) is 4.98 Å². The molecular weight excluding hydrogens is 178 g/mol. The quantitative estimate of drug-likeness (QED) is 0.696. The highest BCUT2D eigenvalue weighted by atomic mass is 16.3. The summed E-state index contributed by atoms with van der Waals surface area (Å²) in [4.78, 5) is 6.02. The summed E-state index contributed by atoms with van der Waals surface area (Å²) in [5.41, 5.74) is 2.11. The molecule has 0 saturated heterocycles. The molecule has 2 heterocycles. The molecule has 14 heavy (non-hydrogen) atoms. The Morgan fingerprint density at radius 1 is 1.64 bits per heavy atom. The Labute approximate surface area is 82.7 Å². The lowest BCUT2D eigenvalue weighted by Gasteiger charge is -2.32. The number of fused-ring (bicyclic) bond motifs is 1. The van der Waals surface area contributed by atoms with Gasteiger partial charge in [-0.1, -0.05) is 0 Å². The predicted octanol–water partition coefficient (Wildman–Crippen LogP) is 0.998. The van der Waals surface area contributed by atoms with Crippen molar-refractivity contribution in [3.8, 4) is 0 Å². The summed E-state index contributed by atoms with van der Waals surface area (Å²) >= 11 is 0. The number of aliphatic hydroxyl groups excluding tert-OH is 1. The van der Waals surface area contributed by atoms with Crippen molar-refractivity contribution in [2.24, 2.45) is 0 Å². The molecule has 2 rings (SSSR count). The minimum absolute atomic E-state index is 0.522. The van der Waals surface area contributed by atoms with Crippen LogP contribution in [0.2, 0.25) is 0 Å². The van der Waals surface area contributed by atoms with Crippen molar-refractivity contribution in [1.29, 1.82) is 5.41 Å². The fourth-order valence-corrected chi connectivity index (χ4v) is 1.72. The van der Waals surface area contributed by atoms with Crippen molar-refractivity contribution in [3.05, 3.63) is 24.0 Å². The molecule has 0 fully saturated rings.